The fraction of sp³-hybridized carbons (Fsp3) is 0.292. The first kappa shape index (κ1) is 20.1. The molecular weight excluding hydrogens is 392 g/mol. The van der Waals surface area contributed by atoms with Gasteiger partial charge >= 0.3 is 6.03 Å². The molecule has 30 heavy (non-hydrogen) atoms. The lowest BCUT2D eigenvalue weighted by Gasteiger charge is -2.16. The van der Waals surface area contributed by atoms with Crippen LogP contribution in [-0.4, -0.2) is 34.0 Å². The number of urea groups is 1. The van der Waals surface area contributed by atoms with E-state index in [1.54, 1.807) is 12.4 Å². The van der Waals surface area contributed by atoms with Crippen molar-refractivity contribution in [2.24, 2.45) is 5.92 Å². The topological polar surface area (TPSA) is 58.1 Å². The molecule has 0 aliphatic carbocycles. The summed E-state index contributed by atoms with van der Waals surface area (Å²) in [4.78, 5) is 23.9. The second kappa shape index (κ2) is 9.55. The van der Waals surface area contributed by atoms with Gasteiger partial charge in [0.2, 0.25) is 0 Å². The predicted octanol–water partition coefficient (Wildman–Crippen LogP) is 4.73. The average molecular weight is 417 g/mol. The molecule has 152 valence electrons. The summed E-state index contributed by atoms with van der Waals surface area (Å²) >= 11 is 1.42. The Morgan fingerprint density at radius 1 is 1.20 bits per heavy atom. The molecule has 1 aliphatic heterocycles. The van der Waals surface area contributed by atoms with Gasteiger partial charge < -0.3 is 4.90 Å². The van der Waals surface area contributed by atoms with Crippen LogP contribution in [0.2, 0.25) is 0 Å². The zero-order valence-electron chi connectivity index (χ0n) is 17.0. The molecule has 0 saturated carbocycles. The lowest BCUT2D eigenvalue weighted by molar-refractivity contribution is 0.220. The minimum Gasteiger partial charge on any atom is -0.324 e. The maximum absolute atomic E-state index is 12.7. The molecule has 0 bridgehead atoms. The standard InChI is InChI=1S/C24H24N4OS/c1-18-22(10-9-20-11-14-25-15-12-20)30-23(26-18)27-24(29)28-16-13-21(17-28)8-7-19-5-3-2-4-6-19/h2-6,11-12,14-15,21H,7-8,13,16-17H2,1H3,(H,26,27,29). The van der Waals surface area contributed by atoms with Crippen LogP contribution in [0.25, 0.3) is 0 Å². The zero-order chi connectivity index (χ0) is 20.8. The third-order valence-corrected chi connectivity index (χ3v) is 6.26. The Bertz CT molecular complexity index is 1050. The molecule has 0 spiro atoms. The first-order valence-electron chi connectivity index (χ1n) is 10.2. The number of hydrogen-bond acceptors (Lipinski definition) is 4. The Hall–Kier alpha value is -3.17. The quantitative estimate of drug-likeness (QED) is 0.626. The van der Waals surface area contributed by atoms with Crippen molar-refractivity contribution in [1.82, 2.24) is 14.9 Å². The largest absolute Gasteiger partial charge is 0.324 e. The summed E-state index contributed by atoms with van der Waals surface area (Å²) in [6.45, 7) is 3.51. The predicted molar refractivity (Wildman–Crippen MR) is 121 cm³/mol. The normalized spacial score (nSPS) is 15.5. The number of aromatic nitrogens is 2. The Kier molecular flexibility index (Phi) is 6.41. The van der Waals surface area contributed by atoms with E-state index in [-0.39, 0.29) is 6.03 Å². The van der Waals surface area contributed by atoms with Gasteiger partial charge in [-0.2, -0.15) is 0 Å². The fourth-order valence-electron chi connectivity index (χ4n) is 3.57. The summed E-state index contributed by atoms with van der Waals surface area (Å²) in [6.07, 6.45) is 6.67. The summed E-state index contributed by atoms with van der Waals surface area (Å²) in [5.74, 6) is 6.81. The van der Waals surface area contributed by atoms with Crippen LogP contribution in [0.4, 0.5) is 9.93 Å². The first-order valence-corrected chi connectivity index (χ1v) is 11.0. The Balaban J connectivity index is 1.31. The lowest BCUT2D eigenvalue weighted by Crippen LogP contribution is -2.33. The third-order valence-electron chi connectivity index (χ3n) is 5.27. The van der Waals surface area contributed by atoms with Crippen molar-refractivity contribution in [2.45, 2.75) is 26.2 Å². The Labute approximate surface area is 181 Å². The highest BCUT2D eigenvalue weighted by atomic mass is 32.1. The molecule has 3 heterocycles. The summed E-state index contributed by atoms with van der Waals surface area (Å²) < 4.78 is 0. The number of carbonyl (C=O) groups excluding carboxylic acids is 1. The minimum atomic E-state index is -0.0698. The molecule has 5 nitrogen and oxygen atoms in total. The van der Waals surface area contributed by atoms with Gasteiger partial charge in [-0.25, -0.2) is 9.78 Å². The van der Waals surface area contributed by atoms with Gasteiger partial charge in [0.05, 0.1) is 5.69 Å². The molecule has 1 saturated heterocycles. The second-order valence-electron chi connectivity index (χ2n) is 7.47. The van der Waals surface area contributed by atoms with Crippen molar-refractivity contribution in [2.75, 3.05) is 18.4 Å². The highest BCUT2D eigenvalue weighted by molar-refractivity contribution is 7.16. The van der Waals surface area contributed by atoms with Crippen molar-refractivity contribution >= 4 is 22.5 Å². The third kappa shape index (κ3) is 5.25. The van der Waals surface area contributed by atoms with Gasteiger partial charge in [-0.15, -0.1) is 0 Å². The molecule has 1 N–H and O–H groups in total. The van der Waals surface area contributed by atoms with Crippen LogP contribution in [0.5, 0.6) is 0 Å². The number of likely N-dealkylation sites (tertiary alicyclic amines) is 1. The van der Waals surface area contributed by atoms with Crippen molar-refractivity contribution in [3.8, 4) is 11.8 Å². The molecule has 1 fully saturated rings. The number of nitrogens with one attached hydrogen (secondary N) is 1. The van der Waals surface area contributed by atoms with Crippen LogP contribution in [0.1, 0.15) is 34.5 Å². The van der Waals surface area contributed by atoms with E-state index in [1.165, 1.54) is 16.9 Å². The van der Waals surface area contributed by atoms with E-state index in [0.717, 1.165) is 48.5 Å². The van der Waals surface area contributed by atoms with Crippen LogP contribution in [0, 0.1) is 24.7 Å². The molecule has 2 amide bonds. The van der Waals surface area contributed by atoms with Gasteiger partial charge in [0, 0.05) is 31.0 Å². The summed E-state index contributed by atoms with van der Waals surface area (Å²) in [7, 11) is 0. The van der Waals surface area contributed by atoms with Crippen LogP contribution in [-0.2, 0) is 6.42 Å². The first-order chi connectivity index (χ1) is 14.7. The minimum absolute atomic E-state index is 0.0698. The molecule has 0 radical (unpaired) electrons. The van der Waals surface area contributed by atoms with Gasteiger partial charge in [0.15, 0.2) is 5.13 Å². The number of thiazole rings is 1. The van der Waals surface area contributed by atoms with Gasteiger partial charge in [0.25, 0.3) is 0 Å². The highest BCUT2D eigenvalue weighted by Crippen LogP contribution is 2.25. The monoisotopic (exact) mass is 416 g/mol. The molecule has 6 heteroatoms. The van der Waals surface area contributed by atoms with Gasteiger partial charge in [0.1, 0.15) is 4.88 Å². The lowest BCUT2D eigenvalue weighted by atomic mass is 9.99. The maximum Gasteiger partial charge on any atom is 0.323 e. The number of nitrogens with zero attached hydrogens (tertiary/aromatic N) is 3. The van der Waals surface area contributed by atoms with Crippen LogP contribution in [0.3, 0.4) is 0 Å². The number of anilines is 1. The van der Waals surface area contributed by atoms with Crippen molar-refractivity contribution in [3.63, 3.8) is 0 Å². The Morgan fingerprint density at radius 2 is 2.00 bits per heavy atom. The highest BCUT2D eigenvalue weighted by Gasteiger charge is 2.26. The molecule has 1 aromatic carbocycles. The zero-order valence-corrected chi connectivity index (χ0v) is 17.8. The van der Waals surface area contributed by atoms with Crippen molar-refractivity contribution in [1.29, 1.82) is 0 Å². The summed E-state index contributed by atoms with van der Waals surface area (Å²) in [5, 5.41) is 3.56. The number of pyridine rings is 1. The number of carbonyl (C=O) groups is 1. The average Bonchev–Trinajstić information content (AvgIpc) is 3.39. The van der Waals surface area contributed by atoms with E-state index in [2.05, 4.69) is 51.4 Å². The van der Waals surface area contributed by atoms with Crippen LogP contribution >= 0.6 is 11.3 Å². The van der Waals surface area contributed by atoms with E-state index >= 15 is 0 Å². The number of aryl methyl sites for hydroxylation is 2. The van der Waals surface area contributed by atoms with Crippen LogP contribution in [0.15, 0.2) is 54.9 Å². The summed E-state index contributed by atoms with van der Waals surface area (Å²) in [5.41, 5.74) is 3.10. The number of rotatable bonds is 4. The molecule has 2 aromatic heterocycles. The fourth-order valence-corrected chi connectivity index (χ4v) is 4.38. The number of hydrogen-bond donors (Lipinski definition) is 1. The molecule has 3 aromatic rings. The number of amides is 2. The summed E-state index contributed by atoms with van der Waals surface area (Å²) in [6, 6.07) is 14.2. The molecule has 1 aliphatic rings. The van der Waals surface area contributed by atoms with Gasteiger partial charge in [-0.05, 0) is 55.7 Å². The van der Waals surface area contributed by atoms with Crippen molar-refractivity contribution in [3.05, 3.63) is 76.6 Å². The maximum atomic E-state index is 12.7. The van der Waals surface area contributed by atoms with E-state index in [0.29, 0.717) is 11.0 Å². The molecule has 1 unspecified atom stereocenters. The van der Waals surface area contributed by atoms with E-state index < -0.39 is 0 Å². The molecular formula is C24H24N4OS. The van der Waals surface area contributed by atoms with E-state index in [1.807, 2.05) is 30.0 Å². The van der Waals surface area contributed by atoms with Crippen LogP contribution < -0.4 is 5.32 Å². The number of benzene rings is 1. The second-order valence-corrected chi connectivity index (χ2v) is 8.47. The van der Waals surface area contributed by atoms with E-state index in [4.69, 9.17) is 0 Å². The smallest absolute Gasteiger partial charge is 0.323 e. The van der Waals surface area contributed by atoms with Gasteiger partial charge in [-0.3, -0.25) is 10.3 Å². The molecule has 1 atom stereocenters. The van der Waals surface area contributed by atoms with E-state index in [9.17, 15) is 4.79 Å². The Morgan fingerprint density at radius 3 is 2.80 bits per heavy atom. The van der Waals surface area contributed by atoms with Crippen molar-refractivity contribution < 1.29 is 4.79 Å². The van der Waals surface area contributed by atoms with Gasteiger partial charge in [-0.1, -0.05) is 47.6 Å². The molecule has 4 rings (SSSR count). The SMILES string of the molecule is Cc1nc(NC(=O)N2CCC(CCc3ccccc3)C2)sc1C#Cc1ccncc1.